The first-order valence-corrected chi connectivity index (χ1v) is 13.4. The summed E-state index contributed by atoms with van der Waals surface area (Å²) in [6.07, 6.45) is 2.74. The molecule has 0 aliphatic carbocycles. The van der Waals surface area contributed by atoms with Gasteiger partial charge < -0.3 is 10.2 Å². The van der Waals surface area contributed by atoms with E-state index >= 15 is 0 Å². The molecule has 37 heavy (non-hydrogen) atoms. The number of hydrogen-bond donors (Lipinski definition) is 1. The minimum Gasteiger partial charge on any atom is -0.329 e. The van der Waals surface area contributed by atoms with Crippen molar-refractivity contribution in [3.63, 3.8) is 0 Å². The number of carbonyl (C=O) groups is 2. The van der Waals surface area contributed by atoms with Crippen molar-refractivity contribution < 1.29 is 9.59 Å². The Balaban J connectivity index is 1.90. The Labute approximate surface area is 230 Å². The number of amides is 2. The molecule has 0 unspecified atom stereocenters. The highest BCUT2D eigenvalue weighted by Crippen LogP contribution is 2.28. The van der Waals surface area contributed by atoms with Gasteiger partial charge in [0, 0.05) is 23.0 Å². The van der Waals surface area contributed by atoms with Crippen molar-refractivity contribution in [1.29, 1.82) is 0 Å². The number of anilines is 1. The van der Waals surface area contributed by atoms with Gasteiger partial charge in [0.2, 0.25) is 5.91 Å². The molecule has 2 amide bonds. The van der Waals surface area contributed by atoms with E-state index < -0.39 is 0 Å². The van der Waals surface area contributed by atoms with Gasteiger partial charge in [0.1, 0.15) is 12.4 Å². The lowest BCUT2D eigenvalue weighted by Gasteiger charge is -2.23. The van der Waals surface area contributed by atoms with Crippen molar-refractivity contribution >= 4 is 40.8 Å². The van der Waals surface area contributed by atoms with Gasteiger partial charge in [-0.3, -0.25) is 9.59 Å². The smallest absolute Gasteiger partial charge is 0.255 e. The molecule has 0 saturated heterocycles. The predicted octanol–water partition coefficient (Wildman–Crippen LogP) is 7.36. The second kappa shape index (κ2) is 12.1. The summed E-state index contributed by atoms with van der Waals surface area (Å²) < 4.78 is 1.77. The number of carbonyl (C=O) groups excluding carboxylic acids is 2. The average molecular weight is 544 g/mol. The van der Waals surface area contributed by atoms with Crippen LogP contribution in [0.4, 0.5) is 5.82 Å². The number of halogens is 2. The maximum atomic E-state index is 13.4. The Morgan fingerprint density at radius 3 is 2.38 bits per heavy atom. The number of rotatable bonds is 9. The van der Waals surface area contributed by atoms with Crippen LogP contribution in [0.3, 0.4) is 0 Å². The van der Waals surface area contributed by atoms with E-state index in [1.54, 1.807) is 21.7 Å². The molecule has 0 aliphatic rings. The zero-order chi connectivity index (χ0) is 27.3. The van der Waals surface area contributed by atoms with Crippen LogP contribution in [0.5, 0.6) is 0 Å². The van der Waals surface area contributed by atoms with Crippen LogP contribution < -0.4 is 5.32 Å². The number of aryl methyl sites for hydroxylation is 2. The largest absolute Gasteiger partial charge is 0.329 e. The van der Waals surface area contributed by atoms with Crippen LogP contribution in [0.2, 0.25) is 10.0 Å². The zero-order valence-electron chi connectivity index (χ0n) is 22.5. The minimum atomic E-state index is -0.304. The monoisotopic (exact) mass is 542 g/mol. The Morgan fingerprint density at radius 1 is 1.03 bits per heavy atom. The summed E-state index contributed by atoms with van der Waals surface area (Å²) in [5.74, 6) is -0.0418. The highest BCUT2D eigenvalue weighted by Gasteiger charge is 2.24. The molecule has 0 radical (unpaired) electrons. The molecule has 0 atom stereocenters. The van der Waals surface area contributed by atoms with E-state index in [0.717, 1.165) is 41.8 Å². The molecule has 0 spiro atoms. The van der Waals surface area contributed by atoms with Crippen molar-refractivity contribution in [2.24, 2.45) is 0 Å². The summed E-state index contributed by atoms with van der Waals surface area (Å²) in [5.41, 5.74) is 4.05. The molecule has 3 rings (SSSR count). The Kier molecular flexibility index (Phi) is 9.43. The van der Waals surface area contributed by atoms with Gasteiger partial charge in [-0.25, -0.2) is 4.68 Å². The number of benzene rings is 2. The lowest BCUT2D eigenvalue weighted by atomic mass is 9.92. The molecule has 2 aromatic carbocycles. The maximum absolute atomic E-state index is 13.4. The first-order chi connectivity index (χ1) is 17.4. The van der Waals surface area contributed by atoms with Crippen LogP contribution in [-0.4, -0.2) is 39.6 Å². The summed E-state index contributed by atoms with van der Waals surface area (Å²) in [6, 6.07) is 12.8. The molecule has 8 heteroatoms. The third-order valence-electron chi connectivity index (χ3n) is 6.14. The fraction of sp³-hybridized carbons (Fsp3) is 0.414. The number of unbranched alkanes of at least 4 members (excludes halogenated alkanes) is 2. The molecule has 0 aliphatic heterocycles. The Morgan fingerprint density at radius 2 is 1.76 bits per heavy atom. The van der Waals surface area contributed by atoms with Gasteiger partial charge in [-0.2, -0.15) is 5.10 Å². The molecule has 1 N–H and O–H groups in total. The van der Waals surface area contributed by atoms with Gasteiger partial charge in [-0.15, -0.1) is 0 Å². The molecular weight excluding hydrogens is 507 g/mol. The zero-order valence-corrected chi connectivity index (χ0v) is 24.0. The van der Waals surface area contributed by atoms with Crippen LogP contribution in [0, 0.1) is 13.8 Å². The highest BCUT2D eigenvalue weighted by molar-refractivity contribution is 6.36. The summed E-state index contributed by atoms with van der Waals surface area (Å²) in [7, 11) is 0. The SMILES string of the molecule is CCCCCN(CC(=O)Nc1cc(C(C)(C)C)nn1-c1ccc(C)cc1C)C(=O)c1ccc(Cl)cc1Cl. The van der Waals surface area contributed by atoms with Crippen LogP contribution in [-0.2, 0) is 10.2 Å². The van der Waals surface area contributed by atoms with E-state index in [4.69, 9.17) is 28.3 Å². The van der Waals surface area contributed by atoms with Crippen LogP contribution in [0.25, 0.3) is 5.69 Å². The molecule has 6 nitrogen and oxygen atoms in total. The second-order valence-electron chi connectivity index (χ2n) is 10.5. The molecule has 0 fully saturated rings. The number of nitrogens with zero attached hydrogens (tertiary/aromatic N) is 3. The van der Waals surface area contributed by atoms with Crippen LogP contribution in [0.15, 0.2) is 42.5 Å². The van der Waals surface area contributed by atoms with E-state index in [2.05, 4.69) is 39.1 Å². The minimum absolute atomic E-state index is 0.107. The molecule has 1 heterocycles. The predicted molar refractivity (Wildman–Crippen MR) is 152 cm³/mol. The summed E-state index contributed by atoms with van der Waals surface area (Å²) >= 11 is 12.3. The second-order valence-corrected chi connectivity index (χ2v) is 11.3. The van der Waals surface area contributed by atoms with E-state index in [0.29, 0.717) is 22.9 Å². The first-order valence-electron chi connectivity index (χ1n) is 12.6. The molecule has 1 aromatic heterocycles. The van der Waals surface area contributed by atoms with Crippen molar-refractivity contribution in [2.45, 2.75) is 66.2 Å². The summed E-state index contributed by atoms with van der Waals surface area (Å²) in [6.45, 7) is 12.7. The topological polar surface area (TPSA) is 67.2 Å². The van der Waals surface area contributed by atoms with Crippen LogP contribution >= 0.6 is 23.2 Å². The normalized spacial score (nSPS) is 11.5. The van der Waals surface area contributed by atoms with E-state index in [9.17, 15) is 9.59 Å². The van der Waals surface area contributed by atoms with Gasteiger partial charge in [0.25, 0.3) is 5.91 Å². The summed E-state index contributed by atoms with van der Waals surface area (Å²) in [4.78, 5) is 28.2. The molecule has 3 aromatic rings. The van der Waals surface area contributed by atoms with E-state index in [1.807, 2.05) is 32.0 Å². The molecule has 198 valence electrons. The van der Waals surface area contributed by atoms with Gasteiger partial charge in [-0.05, 0) is 50.1 Å². The van der Waals surface area contributed by atoms with Crippen molar-refractivity contribution in [3.05, 3.63) is 74.9 Å². The fourth-order valence-corrected chi connectivity index (χ4v) is 4.55. The number of nitrogens with one attached hydrogen (secondary N) is 1. The lowest BCUT2D eigenvalue weighted by Crippen LogP contribution is -2.39. The Hall–Kier alpha value is -2.83. The third-order valence-corrected chi connectivity index (χ3v) is 6.69. The fourth-order valence-electron chi connectivity index (χ4n) is 4.06. The maximum Gasteiger partial charge on any atom is 0.255 e. The van der Waals surface area contributed by atoms with Gasteiger partial charge in [-0.1, -0.05) is 81.4 Å². The number of aromatic nitrogens is 2. The quantitative estimate of drug-likeness (QED) is 0.287. The lowest BCUT2D eigenvalue weighted by molar-refractivity contribution is -0.117. The van der Waals surface area contributed by atoms with Gasteiger partial charge in [0.15, 0.2) is 0 Å². The van der Waals surface area contributed by atoms with Crippen LogP contribution in [0.1, 0.15) is 74.1 Å². The van der Waals surface area contributed by atoms with E-state index in [-0.39, 0.29) is 28.8 Å². The standard InChI is InChI=1S/C29H36Cl2N4O2/c1-7-8-9-14-34(28(37)22-12-11-21(30)16-23(22)31)18-27(36)32-26-17-25(29(4,5)6)33-35(26)24-13-10-19(2)15-20(24)3/h10-13,15-17H,7-9,14,18H2,1-6H3,(H,32,36). The molecular formula is C29H36Cl2N4O2. The average Bonchev–Trinajstić information content (AvgIpc) is 3.22. The summed E-state index contributed by atoms with van der Waals surface area (Å²) in [5, 5.41) is 8.55. The first kappa shape index (κ1) is 28.7. The third kappa shape index (κ3) is 7.36. The molecule has 0 bridgehead atoms. The van der Waals surface area contributed by atoms with Crippen molar-refractivity contribution in [1.82, 2.24) is 14.7 Å². The van der Waals surface area contributed by atoms with Crippen molar-refractivity contribution in [3.8, 4) is 5.69 Å². The van der Waals surface area contributed by atoms with Crippen molar-refractivity contribution in [2.75, 3.05) is 18.4 Å². The number of hydrogen-bond acceptors (Lipinski definition) is 3. The van der Waals surface area contributed by atoms with Gasteiger partial charge >= 0.3 is 0 Å². The van der Waals surface area contributed by atoms with E-state index in [1.165, 1.54) is 6.07 Å². The highest BCUT2D eigenvalue weighted by atomic mass is 35.5. The van der Waals surface area contributed by atoms with Gasteiger partial charge in [0.05, 0.1) is 22.0 Å². The Bertz CT molecular complexity index is 1280. The molecule has 0 saturated carbocycles.